The maximum absolute atomic E-state index is 12.7. The van der Waals surface area contributed by atoms with Crippen LogP contribution in [0, 0.1) is 5.41 Å². The van der Waals surface area contributed by atoms with Crippen LogP contribution < -0.4 is 4.74 Å². The lowest BCUT2D eigenvalue weighted by atomic mass is 9.89. The van der Waals surface area contributed by atoms with Gasteiger partial charge in [-0.25, -0.2) is 8.42 Å². The van der Waals surface area contributed by atoms with E-state index in [4.69, 9.17) is 4.74 Å². The van der Waals surface area contributed by atoms with Crippen molar-refractivity contribution in [3.05, 3.63) is 24.3 Å². The van der Waals surface area contributed by atoms with Crippen LogP contribution in [0.2, 0.25) is 0 Å². The Morgan fingerprint density at radius 3 is 2.47 bits per heavy atom. The number of rotatable bonds is 3. The van der Waals surface area contributed by atoms with E-state index in [0.717, 1.165) is 0 Å². The van der Waals surface area contributed by atoms with Gasteiger partial charge >= 0.3 is 0 Å². The number of para-hydroxylation sites is 1. The number of hydrogen-bond donors (Lipinski definition) is 1. The lowest BCUT2D eigenvalue weighted by Crippen LogP contribution is -2.36. The quantitative estimate of drug-likeness (QED) is 0.922. The van der Waals surface area contributed by atoms with Gasteiger partial charge in [-0.1, -0.05) is 26.0 Å². The predicted molar refractivity (Wildman–Crippen MR) is 73.0 cm³/mol. The third-order valence-electron chi connectivity index (χ3n) is 4.00. The fourth-order valence-electron chi connectivity index (χ4n) is 2.67. The molecule has 106 valence electrons. The normalized spacial score (nSPS) is 26.3. The Kier molecular flexibility index (Phi) is 3.62. The molecule has 4 nitrogen and oxygen atoms in total. The van der Waals surface area contributed by atoms with Crippen molar-refractivity contribution < 1.29 is 18.3 Å². The Balaban J connectivity index is 2.44. The summed E-state index contributed by atoms with van der Waals surface area (Å²) in [6.45, 7) is 3.80. The molecule has 19 heavy (non-hydrogen) atoms. The third-order valence-corrected chi connectivity index (χ3v) is 6.24. The Labute approximate surface area is 114 Å². The highest BCUT2D eigenvalue weighted by Gasteiger charge is 2.48. The summed E-state index contributed by atoms with van der Waals surface area (Å²) in [5, 5.41) is 9.51. The van der Waals surface area contributed by atoms with Crippen molar-refractivity contribution >= 4 is 9.84 Å². The SMILES string of the molecule is COc1ccccc1S(=O)(=O)C1CCC(C)(C)C1O. The first-order valence-electron chi connectivity index (χ1n) is 6.35. The first kappa shape index (κ1) is 14.3. The van der Waals surface area contributed by atoms with Gasteiger partial charge in [0.15, 0.2) is 9.84 Å². The van der Waals surface area contributed by atoms with E-state index in [1.807, 2.05) is 13.8 Å². The van der Waals surface area contributed by atoms with Crippen LogP contribution in [0.1, 0.15) is 26.7 Å². The van der Waals surface area contributed by atoms with E-state index < -0.39 is 21.2 Å². The van der Waals surface area contributed by atoms with Crippen molar-refractivity contribution in [2.45, 2.75) is 42.9 Å². The summed E-state index contributed by atoms with van der Waals surface area (Å²) in [5.41, 5.74) is -0.361. The Morgan fingerprint density at radius 1 is 1.32 bits per heavy atom. The van der Waals surface area contributed by atoms with Crippen LogP contribution in [-0.4, -0.2) is 32.0 Å². The molecule has 0 aliphatic heterocycles. The lowest BCUT2D eigenvalue weighted by molar-refractivity contribution is 0.0816. The van der Waals surface area contributed by atoms with Crippen LogP contribution in [0.25, 0.3) is 0 Å². The summed E-state index contributed by atoms with van der Waals surface area (Å²) in [4.78, 5) is 0.166. The van der Waals surface area contributed by atoms with E-state index in [-0.39, 0.29) is 10.3 Å². The Morgan fingerprint density at radius 2 is 1.95 bits per heavy atom. The van der Waals surface area contributed by atoms with Gasteiger partial charge in [0.25, 0.3) is 0 Å². The van der Waals surface area contributed by atoms with E-state index in [1.165, 1.54) is 13.2 Å². The topological polar surface area (TPSA) is 63.6 Å². The smallest absolute Gasteiger partial charge is 0.187 e. The second kappa shape index (κ2) is 4.80. The van der Waals surface area contributed by atoms with Crippen molar-refractivity contribution in [1.82, 2.24) is 0 Å². The minimum absolute atomic E-state index is 0.166. The first-order chi connectivity index (χ1) is 8.80. The highest BCUT2D eigenvalue weighted by Crippen LogP contribution is 2.43. The number of sulfone groups is 1. The van der Waals surface area contributed by atoms with Gasteiger partial charge in [-0.3, -0.25) is 0 Å². The van der Waals surface area contributed by atoms with Gasteiger partial charge in [-0.2, -0.15) is 0 Å². The van der Waals surface area contributed by atoms with Gasteiger partial charge in [0.1, 0.15) is 10.6 Å². The van der Waals surface area contributed by atoms with Gasteiger partial charge in [-0.05, 0) is 30.4 Å². The number of ether oxygens (including phenoxy) is 1. The van der Waals surface area contributed by atoms with Crippen LogP contribution in [0.4, 0.5) is 0 Å². The molecule has 0 bridgehead atoms. The fraction of sp³-hybridized carbons (Fsp3) is 0.571. The van der Waals surface area contributed by atoms with Gasteiger partial charge in [0, 0.05) is 0 Å². The molecule has 1 aromatic carbocycles. The zero-order valence-corrected chi connectivity index (χ0v) is 12.3. The van der Waals surface area contributed by atoms with Gasteiger partial charge < -0.3 is 9.84 Å². The number of benzene rings is 1. The summed E-state index contributed by atoms with van der Waals surface area (Å²) in [6.07, 6.45) is 0.337. The molecule has 1 fully saturated rings. The standard InChI is InChI=1S/C14H20O4S/c1-14(2)9-8-12(13(14)15)19(16,17)11-7-5-4-6-10(11)18-3/h4-7,12-13,15H,8-9H2,1-3H3. The summed E-state index contributed by atoms with van der Waals surface area (Å²) in [5.74, 6) is 0.333. The van der Waals surface area contributed by atoms with Crippen molar-refractivity contribution in [3.8, 4) is 5.75 Å². The lowest BCUT2D eigenvalue weighted by Gasteiger charge is -2.25. The summed E-state index contributed by atoms with van der Waals surface area (Å²) >= 11 is 0. The molecule has 0 aromatic heterocycles. The van der Waals surface area contributed by atoms with E-state index >= 15 is 0 Å². The number of methoxy groups -OCH3 is 1. The molecular weight excluding hydrogens is 264 g/mol. The molecule has 0 amide bonds. The Hall–Kier alpha value is -1.07. The number of aliphatic hydroxyl groups is 1. The zero-order valence-electron chi connectivity index (χ0n) is 11.5. The van der Waals surface area contributed by atoms with Gasteiger partial charge in [0.2, 0.25) is 0 Å². The van der Waals surface area contributed by atoms with Gasteiger partial charge in [0.05, 0.1) is 18.5 Å². The van der Waals surface area contributed by atoms with Crippen molar-refractivity contribution in [1.29, 1.82) is 0 Å². The van der Waals surface area contributed by atoms with Crippen molar-refractivity contribution in [3.63, 3.8) is 0 Å². The van der Waals surface area contributed by atoms with Crippen LogP contribution in [0.3, 0.4) is 0 Å². The van der Waals surface area contributed by atoms with Crippen molar-refractivity contribution in [2.75, 3.05) is 7.11 Å². The molecule has 1 N–H and O–H groups in total. The van der Waals surface area contributed by atoms with Gasteiger partial charge in [-0.15, -0.1) is 0 Å². The largest absolute Gasteiger partial charge is 0.495 e. The van der Waals surface area contributed by atoms with Crippen LogP contribution >= 0.6 is 0 Å². The molecule has 5 heteroatoms. The monoisotopic (exact) mass is 284 g/mol. The Bertz CT molecular complexity index is 563. The highest BCUT2D eigenvalue weighted by molar-refractivity contribution is 7.92. The predicted octanol–water partition coefficient (Wildman–Crippen LogP) is 2.02. The number of aliphatic hydroxyl groups excluding tert-OH is 1. The molecule has 0 saturated heterocycles. The molecule has 1 saturated carbocycles. The van der Waals surface area contributed by atoms with E-state index in [1.54, 1.807) is 18.2 Å². The molecule has 2 rings (SSSR count). The second-order valence-corrected chi connectivity index (χ2v) is 7.84. The summed E-state index contributed by atoms with van der Waals surface area (Å²) < 4.78 is 30.5. The molecular formula is C14H20O4S. The molecule has 0 spiro atoms. The summed E-state index contributed by atoms with van der Waals surface area (Å²) in [6, 6.07) is 6.56. The highest BCUT2D eigenvalue weighted by atomic mass is 32.2. The van der Waals surface area contributed by atoms with E-state index in [2.05, 4.69) is 0 Å². The minimum atomic E-state index is -3.58. The minimum Gasteiger partial charge on any atom is -0.495 e. The first-order valence-corrected chi connectivity index (χ1v) is 7.90. The molecule has 2 atom stereocenters. The number of hydrogen-bond acceptors (Lipinski definition) is 4. The molecule has 1 aliphatic rings. The molecule has 1 aliphatic carbocycles. The summed E-state index contributed by atoms with van der Waals surface area (Å²) in [7, 11) is -2.13. The average molecular weight is 284 g/mol. The second-order valence-electron chi connectivity index (χ2n) is 5.71. The molecule has 1 aromatic rings. The van der Waals surface area contributed by atoms with E-state index in [0.29, 0.717) is 18.6 Å². The maximum Gasteiger partial charge on any atom is 0.187 e. The molecule has 0 heterocycles. The zero-order chi connectivity index (χ0) is 14.3. The van der Waals surface area contributed by atoms with Crippen molar-refractivity contribution in [2.24, 2.45) is 5.41 Å². The van der Waals surface area contributed by atoms with Crippen LogP contribution in [0.15, 0.2) is 29.2 Å². The third kappa shape index (κ3) is 2.37. The fourth-order valence-corrected chi connectivity index (χ4v) is 4.83. The van der Waals surface area contributed by atoms with E-state index in [9.17, 15) is 13.5 Å². The molecule has 0 radical (unpaired) electrons. The average Bonchev–Trinajstić information content (AvgIpc) is 2.65. The van der Waals surface area contributed by atoms with Crippen LogP contribution in [0.5, 0.6) is 5.75 Å². The molecule has 2 unspecified atom stereocenters. The van der Waals surface area contributed by atoms with Crippen LogP contribution in [-0.2, 0) is 9.84 Å². The maximum atomic E-state index is 12.7.